The zero-order valence-electron chi connectivity index (χ0n) is 8.91. The second-order valence-electron chi connectivity index (χ2n) is 3.44. The van der Waals surface area contributed by atoms with Gasteiger partial charge in [-0.3, -0.25) is 0 Å². The first-order valence-corrected chi connectivity index (χ1v) is 5.43. The molecular weight excluding hydrogens is 245 g/mol. The summed E-state index contributed by atoms with van der Waals surface area (Å²) >= 11 is 5.65. The Balaban J connectivity index is 2.11. The fraction of sp³-hybridized carbons (Fsp3) is 0.182. The van der Waals surface area contributed by atoms with Crippen molar-refractivity contribution in [1.29, 1.82) is 0 Å². The number of benzene rings is 1. The summed E-state index contributed by atoms with van der Waals surface area (Å²) in [6.07, 6.45) is 2.18. The Morgan fingerprint density at radius 3 is 3.00 bits per heavy atom. The van der Waals surface area contributed by atoms with E-state index < -0.39 is 5.82 Å². The Hall–Kier alpha value is -1.59. The largest absolute Gasteiger partial charge is 0.432 e. The summed E-state index contributed by atoms with van der Waals surface area (Å²) in [7, 11) is 0. The normalized spacial score (nSPS) is 10.5. The fourth-order valence-electron chi connectivity index (χ4n) is 1.32. The van der Waals surface area contributed by atoms with Crippen molar-refractivity contribution in [3.8, 4) is 0 Å². The Morgan fingerprint density at radius 1 is 1.47 bits per heavy atom. The number of aromatic nitrogens is 1. The van der Waals surface area contributed by atoms with E-state index in [4.69, 9.17) is 21.8 Å². The highest BCUT2D eigenvalue weighted by Gasteiger charge is 2.05. The van der Waals surface area contributed by atoms with Crippen LogP contribution in [0.25, 0.3) is 0 Å². The molecule has 0 spiro atoms. The molecule has 0 aliphatic heterocycles. The lowest BCUT2D eigenvalue weighted by Crippen LogP contribution is -2.02. The van der Waals surface area contributed by atoms with Crippen LogP contribution in [0.5, 0.6) is 0 Å². The van der Waals surface area contributed by atoms with E-state index in [2.05, 4.69) is 10.3 Å². The van der Waals surface area contributed by atoms with Gasteiger partial charge in [-0.05, 0) is 24.7 Å². The number of oxazole rings is 1. The lowest BCUT2D eigenvalue weighted by atomic mass is 10.3. The number of hydrogen-bond donors (Lipinski definition) is 2. The highest BCUT2D eigenvalue weighted by atomic mass is 35.5. The minimum absolute atomic E-state index is 0.0451. The van der Waals surface area contributed by atoms with Crippen molar-refractivity contribution in [3.63, 3.8) is 0 Å². The van der Waals surface area contributed by atoms with E-state index in [1.807, 2.05) is 0 Å². The first-order valence-electron chi connectivity index (χ1n) is 5.05. The monoisotopic (exact) mass is 255 g/mol. The van der Waals surface area contributed by atoms with Gasteiger partial charge in [0.1, 0.15) is 12.1 Å². The maximum absolute atomic E-state index is 12.9. The van der Waals surface area contributed by atoms with Gasteiger partial charge in [-0.15, -0.1) is 0 Å². The van der Waals surface area contributed by atoms with Crippen LogP contribution in [0.2, 0.25) is 5.02 Å². The summed E-state index contributed by atoms with van der Waals surface area (Å²) < 4.78 is 18.1. The molecule has 17 heavy (non-hydrogen) atoms. The van der Waals surface area contributed by atoms with Crippen molar-refractivity contribution in [2.45, 2.75) is 6.42 Å². The molecule has 1 aromatic heterocycles. The van der Waals surface area contributed by atoms with Crippen LogP contribution in [0.15, 0.2) is 28.9 Å². The number of nitrogens with one attached hydrogen (secondary N) is 1. The van der Waals surface area contributed by atoms with Gasteiger partial charge in [-0.25, -0.2) is 4.39 Å². The molecule has 3 N–H and O–H groups in total. The van der Waals surface area contributed by atoms with Gasteiger partial charge in [-0.1, -0.05) is 11.6 Å². The van der Waals surface area contributed by atoms with E-state index in [1.165, 1.54) is 18.4 Å². The predicted molar refractivity (Wildman–Crippen MR) is 64.0 cm³/mol. The van der Waals surface area contributed by atoms with Crippen molar-refractivity contribution in [2.24, 2.45) is 5.73 Å². The minimum atomic E-state index is -0.464. The second-order valence-corrected chi connectivity index (χ2v) is 3.84. The summed E-state index contributed by atoms with van der Waals surface area (Å²) in [6.45, 7) is 0.508. The van der Waals surface area contributed by atoms with Crippen LogP contribution in [0.3, 0.4) is 0 Å². The van der Waals surface area contributed by atoms with E-state index in [9.17, 15) is 4.39 Å². The van der Waals surface area contributed by atoms with Gasteiger partial charge in [-0.2, -0.15) is 4.98 Å². The molecule has 0 fully saturated rings. The second kappa shape index (κ2) is 5.16. The SMILES string of the molecule is NCCc1coc(Nc2ccc(F)c(Cl)c2)n1. The molecule has 0 aliphatic rings. The van der Waals surface area contributed by atoms with Crippen molar-refractivity contribution in [3.05, 3.63) is 41.0 Å². The lowest BCUT2D eigenvalue weighted by Gasteiger charge is -2.02. The van der Waals surface area contributed by atoms with E-state index in [-0.39, 0.29) is 5.02 Å². The summed E-state index contributed by atoms with van der Waals surface area (Å²) in [5.74, 6) is -0.464. The number of nitrogens with two attached hydrogens (primary N) is 1. The third-order valence-electron chi connectivity index (χ3n) is 2.12. The fourth-order valence-corrected chi connectivity index (χ4v) is 1.50. The van der Waals surface area contributed by atoms with Gasteiger partial charge in [0.05, 0.1) is 10.7 Å². The number of rotatable bonds is 4. The first kappa shape index (κ1) is 11.9. The summed E-state index contributed by atoms with van der Waals surface area (Å²) in [5.41, 5.74) is 6.77. The summed E-state index contributed by atoms with van der Waals surface area (Å²) in [4.78, 5) is 4.15. The molecule has 0 unspecified atom stereocenters. The zero-order chi connectivity index (χ0) is 12.3. The maximum Gasteiger partial charge on any atom is 0.299 e. The molecular formula is C11H11ClFN3O. The summed E-state index contributed by atoms with van der Waals surface area (Å²) in [6, 6.07) is 4.61. The smallest absolute Gasteiger partial charge is 0.299 e. The van der Waals surface area contributed by atoms with Gasteiger partial charge in [0.25, 0.3) is 6.01 Å². The maximum atomic E-state index is 12.9. The molecule has 4 nitrogen and oxygen atoms in total. The zero-order valence-corrected chi connectivity index (χ0v) is 9.67. The summed E-state index contributed by atoms with van der Waals surface area (Å²) in [5, 5.41) is 2.93. The minimum Gasteiger partial charge on any atom is -0.432 e. The molecule has 0 saturated heterocycles. The highest BCUT2D eigenvalue weighted by molar-refractivity contribution is 6.31. The number of anilines is 2. The van der Waals surface area contributed by atoms with Crippen LogP contribution in [-0.2, 0) is 6.42 Å². The van der Waals surface area contributed by atoms with E-state index in [0.29, 0.717) is 24.7 Å². The van der Waals surface area contributed by atoms with Crippen LogP contribution in [0, 0.1) is 5.82 Å². The molecule has 0 bridgehead atoms. The van der Waals surface area contributed by atoms with Gasteiger partial charge >= 0.3 is 0 Å². The quantitative estimate of drug-likeness (QED) is 0.882. The molecule has 0 saturated carbocycles. The third kappa shape index (κ3) is 2.95. The molecule has 2 aromatic rings. The Morgan fingerprint density at radius 2 is 2.29 bits per heavy atom. The molecule has 0 aliphatic carbocycles. The van der Waals surface area contributed by atoms with E-state index in [1.54, 1.807) is 6.07 Å². The topological polar surface area (TPSA) is 64.1 Å². The van der Waals surface area contributed by atoms with Gasteiger partial charge < -0.3 is 15.5 Å². The van der Waals surface area contributed by atoms with Gasteiger partial charge in [0.2, 0.25) is 0 Å². The number of nitrogens with zero attached hydrogens (tertiary/aromatic N) is 1. The number of hydrogen-bond acceptors (Lipinski definition) is 4. The van der Waals surface area contributed by atoms with E-state index >= 15 is 0 Å². The Bertz CT molecular complexity index is 515. The molecule has 0 amide bonds. The predicted octanol–water partition coefficient (Wildman–Crippen LogP) is 2.71. The average molecular weight is 256 g/mol. The van der Waals surface area contributed by atoms with Crippen molar-refractivity contribution >= 4 is 23.3 Å². The van der Waals surface area contributed by atoms with Crippen LogP contribution < -0.4 is 11.1 Å². The standard InChI is InChI=1S/C11H11ClFN3O/c12-9-5-7(1-2-10(9)13)15-11-16-8(3-4-14)6-17-11/h1-2,5-6H,3-4,14H2,(H,15,16). The van der Waals surface area contributed by atoms with Crippen molar-refractivity contribution < 1.29 is 8.81 Å². The molecule has 0 radical (unpaired) electrons. The van der Waals surface area contributed by atoms with Gasteiger partial charge in [0, 0.05) is 12.1 Å². The van der Waals surface area contributed by atoms with Crippen molar-refractivity contribution in [2.75, 3.05) is 11.9 Å². The number of halogens is 2. The molecule has 1 heterocycles. The highest BCUT2D eigenvalue weighted by Crippen LogP contribution is 2.22. The molecule has 90 valence electrons. The molecule has 1 aromatic carbocycles. The Labute approximate surface area is 103 Å². The van der Waals surface area contributed by atoms with Crippen LogP contribution in [-0.4, -0.2) is 11.5 Å². The van der Waals surface area contributed by atoms with Crippen LogP contribution in [0.1, 0.15) is 5.69 Å². The Kier molecular flexibility index (Phi) is 3.61. The van der Waals surface area contributed by atoms with Crippen LogP contribution >= 0.6 is 11.6 Å². The van der Waals surface area contributed by atoms with Gasteiger partial charge in [0.15, 0.2) is 0 Å². The third-order valence-corrected chi connectivity index (χ3v) is 2.41. The van der Waals surface area contributed by atoms with Crippen molar-refractivity contribution in [1.82, 2.24) is 4.98 Å². The van der Waals surface area contributed by atoms with Crippen LogP contribution in [0.4, 0.5) is 16.1 Å². The molecule has 2 rings (SSSR count). The molecule has 0 atom stereocenters. The molecule has 6 heteroatoms. The lowest BCUT2D eigenvalue weighted by molar-refractivity contribution is 0.575. The first-order chi connectivity index (χ1) is 8.19. The average Bonchev–Trinajstić information content (AvgIpc) is 2.72. The van der Waals surface area contributed by atoms with E-state index in [0.717, 1.165) is 5.69 Å².